The molecule has 0 aliphatic carbocycles. The second-order valence-electron chi connectivity index (χ2n) is 2.92. The molecular formula is C9H12N2O4. The Kier molecular flexibility index (Phi) is 3.62. The van der Waals surface area contributed by atoms with Crippen molar-refractivity contribution in [2.45, 2.75) is 12.7 Å². The van der Waals surface area contributed by atoms with Crippen molar-refractivity contribution >= 4 is 11.7 Å². The molecule has 6 nitrogen and oxygen atoms in total. The lowest BCUT2D eigenvalue weighted by atomic mass is 10.0. The number of carboxylic acid groups (broad SMARTS) is 1. The number of nitrogens with one attached hydrogen (secondary N) is 1. The average Bonchev–Trinajstić information content (AvgIpc) is 2.26. The first-order valence-corrected chi connectivity index (χ1v) is 4.22. The van der Waals surface area contributed by atoms with Crippen LogP contribution in [-0.4, -0.2) is 21.3 Å². The SMILES string of the molecule is NNc1cccc(CO)c1C(O)C(=O)O. The largest absolute Gasteiger partial charge is 0.479 e. The van der Waals surface area contributed by atoms with E-state index >= 15 is 0 Å². The maximum atomic E-state index is 10.6. The summed E-state index contributed by atoms with van der Waals surface area (Å²) in [5.41, 5.74) is 2.94. The highest BCUT2D eigenvalue weighted by Crippen LogP contribution is 2.26. The quantitative estimate of drug-likeness (QED) is 0.342. The van der Waals surface area contributed by atoms with E-state index in [0.717, 1.165) is 0 Å². The van der Waals surface area contributed by atoms with Crippen LogP contribution in [0.2, 0.25) is 0 Å². The third-order valence-electron chi connectivity index (χ3n) is 2.03. The van der Waals surface area contributed by atoms with Gasteiger partial charge in [-0.15, -0.1) is 0 Å². The van der Waals surface area contributed by atoms with Crippen molar-refractivity contribution in [1.29, 1.82) is 0 Å². The van der Waals surface area contributed by atoms with Gasteiger partial charge in [0.05, 0.1) is 12.3 Å². The first-order valence-electron chi connectivity index (χ1n) is 4.22. The van der Waals surface area contributed by atoms with Crippen LogP contribution in [0.15, 0.2) is 18.2 Å². The minimum absolute atomic E-state index is 0.0787. The van der Waals surface area contributed by atoms with Crippen LogP contribution < -0.4 is 11.3 Å². The number of anilines is 1. The molecule has 0 bridgehead atoms. The number of rotatable bonds is 4. The molecule has 1 unspecified atom stereocenters. The van der Waals surface area contributed by atoms with E-state index in [0.29, 0.717) is 5.56 Å². The second-order valence-corrected chi connectivity index (χ2v) is 2.92. The van der Waals surface area contributed by atoms with Crippen LogP contribution >= 0.6 is 0 Å². The van der Waals surface area contributed by atoms with Gasteiger partial charge in [0, 0.05) is 5.56 Å². The van der Waals surface area contributed by atoms with E-state index in [1.54, 1.807) is 6.07 Å². The highest BCUT2D eigenvalue weighted by atomic mass is 16.4. The summed E-state index contributed by atoms with van der Waals surface area (Å²) < 4.78 is 0. The monoisotopic (exact) mass is 212 g/mol. The topological polar surface area (TPSA) is 116 Å². The summed E-state index contributed by atoms with van der Waals surface area (Å²) in [6, 6.07) is 4.63. The molecule has 1 rings (SSSR count). The highest BCUT2D eigenvalue weighted by molar-refractivity contribution is 5.77. The number of carbonyl (C=O) groups is 1. The van der Waals surface area contributed by atoms with Crippen LogP contribution in [0.25, 0.3) is 0 Å². The first-order chi connectivity index (χ1) is 7.11. The minimum Gasteiger partial charge on any atom is -0.479 e. The number of benzene rings is 1. The van der Waals surface area contributed by atoms with Gasteiger partial charge in [-0.1, -0.05) is 12.1 Å². The lowest BCUT2D eigenvalue weighted by Gasteiger charge is -2.15. The molecule has 0 saturated carbocycles. The summed E-state index contributed by atoms with van der Waals surface area (Å²) in [6.07, 6.45) is -1.71. The standard InChI is InChI=1S/C9H12N2O4/c10-11-6-3-1-2-5(4-12)7(6)8(13)9(14)15/h1-3,8,11-13H,4,10H2,(H,14,15). The first kappa shape index (κ1) is 11.4. The van der Waals surface area contributed by atoms with Gasteiger partial charge >= 0.3 is 5.97 Å². The van der Waals surface area contributed by atoms with Crippen molar-refractivity contribution in [3.05, 3.63) is 29.3 Å². The Bertz CT molecular complexity index is 345. The number of hydrazine groups is 1. The highest BCUT2D eigenvalue weighted by Gasteiger charge is 2.22. The Morgan fingerprint density at radius 3 is 2.67 bits per heavy atom. The summed E-state index contributed by atoms with van der Waals surface area (Å²) in [7, 11) is 0. The molecule has 0 fully saturated rings. The summed E-state index contributed by atoms with van der Waals surface area (Å²) in [5, 5.41) is 27.1. The van der Waals surface area contributed by atoms with Gasteiger partial charge in [-0.2, -0.15) is 0 Å². The second kappa shape index (κ2) is 4.74. The van der Waals surface area contributed by atoms with E-state index in [-0.39, 0.29) is 17.9 Å². The number of aliphatic carboxylic acids is 1. The third kappa shape index (κ3) is 2.24. The lowest BCUT2D eigenvalue weighted by Crippen LogP contribution is -2.18. The molecule has 15 heavy (non-hydrogen) atoms. The van der Waals surface area contributed by atoms with E-state index in [1.165, 1.54) is 12.1 Å². The van der Waals surface area contributed by atoms with E-state index < -0.39 is 12.1 Å². The molecule has 1 aromatic carbocycles. The predicted molar refractivity (Wildman–Crippen MR) is 52.8 cm³/mol. The molecule has 0 radical (unpaired) electrons. The van der Waals surface area contributed by atoms with Crippen LogP contribution in [0, 0.1) is 0 Å². The molecule has 6 N–H and O–H groups in total. The van der Waals surface area contributed by atoms with Gasteiger partial charge in [0.25, 0.3) is 0 Å². The van der Waals surface area contributed by atoms with Gasteiger partial charge in [0.1, 0.15) is 0 Å². The zero-order valence-corrected chi connectivity index (χ0v) is 7.84. The van der Waals surface area contributed by atoms with E-state index in [1.807, 2.05) is 0 Å². The van der Waals surface area contributed by atoms with Crippen LogP contribution in [0.3, 0.4) is 0 Å². The van der Waals surface area contributed by atoms with Crippen molar-refractivity contribution in [1.82, 2.24) is 0 Å². The number of carboxylic acids is 1. The van der Waals surface area contributed by atoms with Gasteiger partial charge in [0.15, 0.2) is 6.10 Å². The van der Waals surface area contributed by atoms with E-state index in [4.69, 9.17) is 16.1 Å². The Morgan fingerprint density at radius 2 is 2.20 bits per heavy atom. The molecule has 0 aliphatic heterocycles. The van der Waals surface area contributed by atoms with Gasteiger partial charge in [-0.3, -0.25) is 5.84 Å². The van der Waals surface area contributed by atoms with Crippen LogP contribution in [0.1, 0.15) is 17.2 Å². The van der Waals surface area contributed by atoms with Gasteiger partial charge in [0.2, 0.25) is 0 Å². The maximum Gasteiger partial charge on any atom is 0.337 e. The minimum atomic E-state index is -1.71. The van der Waals surface area contributed by atoms with Crippen molar-refractivity contribution in [3.8, 4) is 0 Å². The van der Waals surface area contributed by atoms with Gasteiger partial charge < -0.3 is 20.7 Å². The number of hydrogen-bond acceptors (Lipinski definition) is 5. The van der Waals surface area contributed by atoms with Gasteiger partial charge in [-0.05, 0) is 11.6 Å². The lowest BCUT2D eigenvalue weighted by molar-refractivity contribution is -0.147. The number of hydrogen-bond donors (Lipinski definition) is 5. The Hall–Kier alpha value is -1.63. The Labute approximate surface area is 85.9 Å². The fourth-order valence-electron chi connectivity index (χ4n) is 1.32. The molecule has 0 aromatic heterocycles. The van der Waals surface area contributed by atoms with Crippen LogP contribution in [0.5, 0.6) is 0 Å². The molecule has 1 aromatic rings. The van der Waals surface area contributed by atoms with Crippen molar-refractivity contribution in [3.63, 3.8) is 0 Å². The van der Waals surface area contributed by atoms with Crippen molar-refractivity contribution < 1.29 is 20.1 Å². The fraction of sp³-hybridized carbons (Fsp3) is 0.222. The summed E-state index contributed by atoms with van der Waals surface area (Å²) in [5.74, 6) is 3.78. The van der Waals surface area contributed by atoms with E-state index in [9.17, 15) is 9.90 Å². The van der Waals surface area contributed by atoms with Crippen molar-refractivity contribution in [2.24, 2.45) is 5.84 Å². The zero-order chi connectivity index (χ0) is 11.4. The normalized spacial score (nSPS) is 12.2. The molecule has 0 amide bonds. The zero-order valence-electron chi connectivity index (χ0n) is 7.84. The smallest absolute Gasteiger partial charge is 0.337 e. The summed E-state index contributed by atoms with van der Waals surface area (Å²) >= 11 is 0. The Balaban J connectivity index is 3.27. The van der Waals surface area contributed by atoms with Crippen LogP contribution in [0.4, 0.5) is 5.69 Å². The fourth-order valence-corrected chi connectivity index (χ4v) is 1.32. The third-order valence-corrected chi connectivity index (χ3v) is 2.03. The molecule has 6 heteroatoms. The predicted octanol–water partition coefficient (Wildman–Crippen LogP) is -0.418. The number of nitrogen functional groups attached to an aromatic ring is 1. The molecule has 82 valence electrons. The summed E-state index contributed by atoms with van der Waals surface area (Å²) in [4.78, 5) is 10.6. The summed E-state index contributed by atoms with van der Waals surface area (Å²) in [6.45, 7) is -0.366. The molecule has 0 spiro atoms. The molecule has 0 aliphatic rings. The molecule has 0 heterocycles. The Morgan fingerprint density at radius 1 is 1.53 bits per heavy atom. The van der Waals surface area contributed by atoms with Crippen LogP contribution in [-0.2, 0) is 11.4 Å². The van der Waals surface area contributed by atoms with Crippen molar-refractivity contribution in [2.75, 3.05) is 5.43 Å². The van der Waals surface area contributed by atoms with Gasteiger partial charge in [-0.25, -0.2) is 4.79 Å². The number of nitrogens with two attached hydrogens (primary N) is 1. The average molecular weight is 212 g/mol. The molecule has 0 saturated heterocycles. The van der Waals surface area contributed by atoms with E-state index in [2.05, 4.69) is 5.43 Å². The molecule has 1 atom stereocenters. The maximum absolute atomic E-state index is 10.6. The molecular weight excluding hydrogens is 200 g/mol. The number of aliphatic hydroxyl groups is 2. The number of aliphatic hydroxyl groups excluding tert-OH is 2.